The van der Waals surface area contributed by atoms with E-state index in [1.807, 2.05) is 31.7 Å². The van der Waals surface area contributed by atoms with Crippen LogP contribution in [0.5, 0.6) is 0 Å². The summed E-state index contributed by atoms with van der Waals surface area (Å²) in [4.78, 5) is 10.9. The molecule has 3 aromatic rings. The van der Waals surface area contributed by atoms with Crippen LogP contribution >= 0.6 is 0 Å². The number of aromatic nitrogens is 6. The van der Waals surface area contributed by atoms with E-state index >= 15 is 0 Å². The van der Waals surface area contributed by atoms with Gasteiger partial charge in [-0.25, -0.2) is 4.98 Å². The van der Waals surface area contributed by atoms with Crippen molar-refractivity contribution in [2.24, 2.45) is 0 Å². The molecule has 1 aliphatic heterocycles. The van der Waals surface area contributed by atoms with Crippen LogP contribution in [0.1, 0.15) is 48.7 Å². The number of piperidine rings is 1. The molecule has 0 aromatic carbocycles. The second kappa shape index (κ2) is 8.00. The second-order valence-corrected chi connectivity index (χ2v) is 7.23. The van der Waals surface area contributed by atoms with Gasteiger partial charge in [0.1, 0.15) is 11.6 Å². The van der Waals surface area contributed by atoms with E-state index in [0.29, 0.717) is 5.92 Å². The SMILES string of the molecule is CCn1c(Cn2ccnc2C)nnc1C1CCN(Cc2ccncc2)CC1. The molecule has 0 spiro atoms. The van der Waals surface area contributed by atoms with Gasteiger partial charge in [-0.1, -0.05) is 0 Å². The lowest BCUT2D eigenvalue weighted by molar-refractivity contribution is 0.200. The van der Waals surface area contributed by atoms with E-state index in [1.54, 1.807) is 0 Å². The maximum absolute atomic E-state index is 4.58. The highest BCUT2D eigenvalue weighted by atomic mass is 15.3. The van der Waals surface area contributed by atoms with Crippen LogP contribution < -0.4 is 0 Å². The maximum atomic E-state index is 4.58. The molecule has 0 radical (unpaired) electrons. The van der Waals surface area contributed by atoms with Crippen LogP contribution in [-0.2, 0) is 19.6 Å². The zero-order valence-corrected chi connectivity index (χ0v) is 16.1. The van der Waals surface area contributed by atoms with Gasteiger partial charge in [0.15, 0.2) is 5.82 Å². The summed E-state index contributed by atoms with van der Waals surface area (Å²) in [5.74, 6) is 3.66. The highest BCUT2D eigenvalue weighted by Gasteiger charge is 2.26. The first-order valence-electron chi connectivity index (χ1n) is 9.75. The Morgan fingerprint density at radius 1 is 1.04 bits per heavy atom. The average molecular weight is 365 g/mol. The predicted octanol–water partition coefficient (Wildman–Crippen LogP) is 2.63. The summed E-state index contributed by atoms with van der Waals surface area (Å²) < 4.78 is 4.42. The molecule has 7 heteroatoms. The van der Waals surface area contributed by atoms with Gasteiger partial charge >= 0.3 is 0 Å². The number of hydrogen-bond donors (Lipinski definition) is 0. The van der Waals surface area contributed by atoms with Crippen molar-refractivity contribution in [1.29, 1.82) is 0 Å². The molecule has 1 fully saturated rings. The fourth-order valence-corrected chi connectivity index (χ4v) is 3.93. The summed E-state index contributed by atoms with van der Waals surface area (Å²) in [6, 6.07) is 4.20. The molecule has 3 aromatic heterocycles. The first-order valence-corrected chi connectivity index (χ1v) is 9.75. The Balaban J connectivity index is 1.41. The summed E-state index contributed by atoms with van der Waals surface area (Å²) >= 11 is 0. The molecule has 4 rings (SSSR count). The van der Waals surface area contributed by atoms with Gasteiger partial charge in [0.25, 0.3) is 0 Å². The molecule has 1 aliphatic rings. The van der Waals surface area contributed by atoms with Crippen molar-refractivity contribution in [3.8, 4) is 0 Å². The van der Waals surface area contributed by atoms with E-state index < -0.39 is 0 Å². The number of likely N-dealkylation sites (tertiary alicyclic amines) is 1. The molecule has 4 heterocycles. The summed E-state index contributed by atoms with van der Waals surface area (Å²) in [7, 11) is 0. The highest BCUT2D eigenvalue weighted by Crippen LogP contribution is 2.28. The molecule has 0 amide bonds. The van der Waals surface area contributed by atoms with Crippen LogP contribution in [0.15, 0.2) is 36.9 Å². The molecule has 0 atom stereocenters. The normalized spacial score (nSPS) is 16.1. The Morgan fingerprint density at radius 2 is 1.81 bits per heavy atom. The van der Waals surface area contributed by atoms with Crippen LogP contribution in [-0.4, -0.2) is 47.3 Å². The van der Waals surface area contributed by atoms with Crippen LogP contribution in [0.4, 0.5) is 0 Å². The average Bonchev–Trinajstić information content (AvgIpc) is 3.29. The number of hydrogen-bond acceptors (Lipinski definition) is 5. The fraction of sp³-hybridized carbons (Fsp3) is 0.500. The molecule has 0 bridgehead atoms. The number of pyridine rings is 1. The van der Waals surface area contributed by atoms with Crippen molar-refractivity contribution in [1.82, 2.24) is 34.2 Å². The molecular weight excluding hydrogens is 338 g/mol. The minimum atomic E-state index is 0.490. The molecule has 0 aliphatic carbocycles. The van der Waals surface area contributed by atoms with Gasteiger partial charge in [-0.05, 0) is 57.5 Å². The molecule has 27 heavy (non-hydrogen) atoms. The van der Waals surface area contributed by atoms with E-state index in [0.717, 1.165) is 63.0 Å². The third-order valence-corrected chi connectivity index (χ3v) is 5.52. The van der Waals surface area contributed by atoms with Gasteiger partial charge < -0.3 is 9.13 Å². The number of nitrogens with zero attached hydrogens (tertiary/aromatic N) is 7. The lowest BCUT2D eigenvalue weighted by Crippen LogP contribution is -2.33. The zero-order valence-electron chi connectivity index (χ0n) is 16.1. The standard InChI is InChI=1S/C20H27N7/c1-3-27-19(15-26-13-10-22-16(26)2)23-24-20(27)18-6-11-25(12-7-18)14-17-4-8-21-9-5-17/h4-5,8-10,13,18H,3,6-7,11-12,14-15H2,1-2H3. The Hall–Kier alpha value is -2.54. The van der Waals surface area contributed by atoms with E-state index in [1.165, 1.54) is 5.56 Å². The Kier molecular flexibility index (Phi) is 5.29. The molecule has 1 saturated heterocycles. The topological polar surface area (TPSA) is 64.7 Å². The van der Waals surface area contributed by atoms with E-state index in [9.17, 15) is 0 Å². The van der Waals surface area contributed by atoms with E-state index in [2.05, 4.69) is 53.3 Å². The molecular formula is C20H27N7. The second-order valence-electron chi connectivity index (χ2n) is 7.23. The largest absolute Gasteiger partial charge is 0.328 e. The summed E-state index contributed by atoms with van der Waals surface area (Å²) in [6.45, 7) is 9.03. The van der Waals surface area contributed by atoms with Crippen molar-refractivity contribution in [3.63, 3.8) is 0 Å². The van der Waals surface area contributed by atoms with Gasteiger partial charge in [-0.15, -0.1) is 10.2 Å². The van der Waals surface area contributed by atoms with Crippen LogP contribution in [0, 0.1) is 6.92 Å². The van der Waals surface area contributed by atoms with Gasteiger partial charge in [0.2, 0.25) is 0 Å². The fourth-order valence-electron chi connectivity index (χ4n) is 3.93. The zero-order chi connectivity index (χ0) is 18.6. The van der Waals surface area contributed by atoms with Gasteiger partial charge in [0.05, 0.1) is 6.54 Å². The molecule has 0 unspecified atom stereocenters. The smallest absolute Gasteiger partial charge is 0.153 e. The third kappa shape index (κ3) is 3.93. The molecule has 0 saturated carbocycles. The Bertz CT molecular complexity index is 860. The number of rotatable bonds is 6. The third-order valence-electron chi connectivity index (χ3n) is 5.52. The lowest BCUT2D eigenvalue weighted by Gasteiger charge is -2.31. The summed E-state index contributed by atoms with van der Waals surface area (Å²) in [6.07, 6.45) is 9.84. The van der Waals surface area contributed by atoms with Crippen molar-refractivity contribution in [3.05, 3.63) is 60.0 Å². The monoisotopic (exact) mass is 365 g/mol. The van der Waals surface area contributed by atoms with Crippen molar-refractivity contribution in [2.75, 3.05) is 13.1 Å². The lowest BCUT2D eigenvalue weighted by atomic mass is 9.95. The van der Waals surface area contributed by atoms with Crippen molar-refractivity contribution < 1.29 is 0 Å². The van der Waals surface area contributed by atoms with Gasteiger partial charge in [0, 0.05) is 43.8 Å². The maximum Gasteiger partial charge on any atom is 0.153 e. The van der Waals surface area contributed by atoms with E-state index in [4.69, 9.17) is 0 Å². The number of aryl methyl sites for hydroxylation is 1. The Morgan fingerprint density at radius 3 is 2.48 bits per heavy atom. The number of imidazole rings is 1. The first kappa shape index (κ1) is 17.9. The van der Waals surface area contributed by atoms with Gasteiger partial charge in [-0.3, -0.25) is 9.88 Å². The van der Waals surface area contributed by atoms with E-state index in [-0.39, 0.29) is 0 Å². The molecule has 142 valence electrons. The highest BCUT2D eigenvalue weighted by molar-refractivity contribution is 5.10. The predicted molar refractivity (Wildman–Crippen MR) is 103 cm³/mol. The minimum absolute atomic E-state index is 0.490. The quantitative estimate of drug-likeness (QED) is 0.672. The molecule has 0 N–H and O–H groups in total. The Labute approximate surface area is 160 Å². The van der Waals surface area contributed by atoms with Gasteiger partial charge in [-0.2, -0.15) is 0 Å². The van der Waals surface area contributed by atoms with Crippen LogP contribution in [0.2, 0.25) is 0 Å². The minimum Gasteiger partial charge on any atom is -0.328 e. The molecule has 7 nitrogen and oxygen atoms in total. The first-order chi connectivity index (χ1) is 13.2. The van der Waals surface area contributed by atoms with Crippen LogP contribution in [0.3, 0.4) is 0 Å². The summed E-state index contributed by atoms with van der Waals surface area (Å²) in [5.41, 5.74) is 1.33. The van der Waals surface area contributed by atoms with Crippen molar-refractivity contribution in [2.45, 2.75) is 52.2 Å². The van der Waals surface area contributed by atoms with Crippen LogP contribution in [0.25, 0.3) is 0 Å². The summed E-state index contributed by atoms with van der Waals surface area (Å²) in [5, 5.41) is 9.09. The van der Waals surface area contributed by atoms with Crippen molar-refractivity contribution >= 4 is 0 Å².